The number of anilines is 1. The number of hydrogen-bond donors (Lipinski definition) is 1. The number of carbonyl (C=O) groups is 2. The second-order valence-corrected chi connectivity index (χ2v) is 9.71. The lowest BCUT2D eigenvalue weighted by Gasteiger charge is -2.46. The molecule has 166 valence electrons. The van der Waals surface area contributed by atoms with Gasteiger partial charge in [0.05, 0.1) is 12.3 Å². The van der Waals surface area contributed by atoms with E-state index in [1.54, 1.807) is 0 Å². The minimum absolute atomic E-state index is 0.0562. The van der Waals surface area contributed by atoms with E-state index in [0.29, 0.717) is 5.56 Å². The molecule has 2 aromatic rings. The van der Waals surface area contributed by atoms with Crippen molar-refractivity contribution >= 4 is 27.5 Å². The van der Waals surface area contributed by atoms with Crippen LogP contribution in [-0.4, -0.2) is 48.9 Å². The third-order valence-corrected chi connectivity index (χ3v) is 7.01. The van der Waals surface area contributed by atoms with E-state index >= 15 is 0 Å². The van der Waals surface area contributed by atoms with Crippen LogP contribution in [0.25, 0.3) is 0 Å². The average Bonchev–Trinajstić information content (AvgIpc) is 2.74. The van der Waals surface area contributed by atoms with Crippen LogP contribution >= 0.6 is 0 Å². The number of benzene rings is 2. The van der Waals surface area contributed by atoms with Crippen molar-refractivity contribution in [2.24, 2.45) is 0 Å². The van der Waals surface area contributed by atoms with E-state index in [9.17, 15) is 26.8 Å². The molecule has 31 heavy (non-hydrogen) atoms. The molecule has 2 amide bonds. The maximum absolute atomic E-state index is 13.4. The monoisotopic (exact) mass is 451 g/mol. The van der Waals surface area contributed by atoms with Crippen LogP contribution in [0.15, 0.2) is 48.5 Å². The van der Waals surface area contributed by atoms with Gasteiger partial charge in [-0.2, -0.15) is 4.31 Å². The third kappa shape index (κ3) is 4.75. The third-order valence-electron chi connectivity index (χ3n) is 5.24. The molecule has 0 radical (unpaired) electrons. The Kier molecular flexibility index (Phi) is 6.42. The summed E-state index contributed by atoms with van der Waals surface area (Å²) in [5.74, 6) is -2.34. The Balaban J connectivity index is 1.94. The summed E-state index contributed by atoms with van der Waals surface area (Å²) in [4.78, 5) is 27.4. The Hall–Kier alpha value is -2.85. The van der Waals surface area contributed by atoms with E-state index in [-0.39, 0.29) is 24.5 Å². The summed E-state index contributed by atoms with van der Waals surface area (Å²) in [5.41, 5.74) is -0.679. The van der Waals surface area contributed by atoms with Gasteiger partial charge in [0.2, 0.25) is 21.8 Å². The van der Waals surface area contributed by atoms with Crippen molar-refractivity contribution in [3.63, 3.8) is 0 Å². The molecule has 1 N–H and O–H groups in total. The van der Waals surface area contributed by atoms with Crippen LogP contribution in [0.4, 0.5) is 14.5 Å². The molecule has 1 atom stereocenters. The van der Waals surface area contributed by atoms with E-state index in [1.807, 2.05) is 0 Å². The van der Waals surface area contributed by atoms with Gasteiger partial charge in [0.25, 0.3) is 0 Å². The van der Waals surface area contributed by atoms with Gasteiger partial charge in [0, 0.05) is 18.8 Å². The molecule has 0 spiro atoms. The van der Waals surface area contributed by atoms with Crippen LogP contribution in [0.2, 0.25) is 0 Å². The van der Waals surface area contributed by atoms with E-state index in [4.69, 9.17) is 0 Å². The maximum Gasteiger partial charge on any atom is 0.247 e. The molecule has 3 rings (SSSR count). The predicted octanol–water partition coefficient (Wildman–Crippen LogP) is 2.04. The van der Waals surface area contributed by atoms with Crippen LogP contribution in [0.5, 0.6) is 0 Å². The first-order valence-corrected chi connectivity index (χ1v) is 11.3. The quantitative estimate of drug-likeness (QED) is 0.728. The lowest BCUT2D eigenvalue weighted by Crippen LogP contribution is -2.70. The topological polar surface area (TPSA) is 86.8 Å². The fourth-order valence-electron chi connectivity index (χ4n) is 3.51. The van der Waals surface area contributed by atoms with Gasteiger partial charge in [-0.3, -0.25) is 14.5 Å². The molecule has 0 aromatic heterocycles. The largest absolute Gasteiger partial charge is 0.350 e. The molecule has 0 aliphatic carbocycles. The van der Waals surface area contributed by atoms with E-state index in [2.05, 4.69) is 5.32 Å². The van der Waals surface area contributed by atoms with Crippen molar-refractivity contribution in [3.8, 4) is 0 Å². The van der Waals surface area contributed by atoms with Gasteiger partial charge in [0.1, 0.15) is 17.2 Å². The first-order chi connectivity index (χ1) is 14.6. The molecule has 2 aromatic carbocycles. The SMILES string of the molecule is CCS(=O)(=O)N1CC(=O)N(c2ccc(F)cc2)C(C)(C(=O)NCc2ccc(F)cc2)C1. The first kappa shape index (κ1) is 22.8. The van der Waals surface area contributed by atoms with Crippen LogP contribution in [0, 0.1) is 11.6 Å². The van der Waals surface area contributed by atoms with Gasteiger partial charge in [-0.1, -0.05) is 12.1 Å². The Morgan fingerprint density at radius 2 is 1.61 bits per heavy atom. The lowest BCUT2D eigenvalue weighted by molar-refractivity contribution is -0.133. The summed E-state index contributed by atoms with van der Waals surface area (Å²) in [7, 11) is -3.74. The highest BCUT2D eigenvalue weighted by atomic mass is 32.2. The highest BCUT2D eigenvalue weighted by Crippen LogP contribution is 2.31. The highest BCUT2D eigenvalue weighted by molar-refractivity contribution is 7.89. The molecule has 10 heteroatoms. The summed E-state index contributed by atoms with van der Waals surface area (Å²) in [6.07, 6.45) is 0. The van der Waals surface area contributed by atoms with Crippen molar-refractivity contribution in [1.82, 2.24) is 9.62 Å². The number of sulfonamides is 1. The fourth-order valence-corrected chi connectivity index (χ4v) is 4.63. The van der Waals surface area contributed by atoms with Gasteiger partial charge in [-0.05, 0) is 55.8 Å². The minimum Gasteiger partial charge on any atom is -0.350 e. The molecule has 1 aliphatic rings. The van der Waals surface area contributed by atoms with E-state index < -0.39 is 45.6 Å². The zero-order valence-corrected chi connectivity index (χ0v) is 18.0. The zero-order valence-electron chi connectivity index (χ0n) is 17.1. The number of amides is 2. The number of halogens is 2. The van der Waals surface area contributed by atoms with E-state index in [0.717, 1.165) is 16.4 Å². The number of nitrogens with one attached hydrogen (secondary N) is 1. The predicted molar refractivity (Wildman–Crippen MR) is 112 cm³/mol. The van der Waals surface area contributed by atoms with Crippen molar-refractivity contribution in [2.75, 3.05) is 23.7 Å². The van der Waals surface area contributed by atoms with E-state index in [1.165, 1.54) is 55.1 Å². The summed E-state index contributed by atoms with van der Waals surface area (Å²) >= 11 is 0. The Morgan fingerprint density at radius 3 is 2.16 bits per heavy atom. The van der Waals surface area contributed by atoms with Gasteiger partial charge >= 0.3 is 0 Å². The molecular formula is C21H23F2N3O4S. The number of nitrogens with zero attached hydrogens (tertiary/aromatic N) is 2. The van der Waals surface area contributed by atoms with Crippen LogP contribution in [0.3, 0.4) is 0 Å². The summed E-state index contributed by atoms with van der Waals surface area (Å²) in [5, 5.41) is 2.70. The number of carbonyl (C=O) groups excluding carboxylic acids is 2. The molecule has 1 heterocycles. The molecule has 1 aliphatic heterocycles. The number of rotatable bonds is 6. The van der Waals surface area contributed by atoms with Crippen molar-refractivity contribution in [1.29, 1.82) is 0 Å². The van der Waals surface area contributed by atoms with Gasteiger partial charge in [-0.25, -0.2) is 17.2 Å². The van der Waals surface area contributed by atoms with Crippen molar-refractivity contribution in [3.05, 3.63) is 65.7 Å². The molecule has 1 unspecified atom stereocenters. The van der Waals surface area contributed by atoms with Crippen LogP contribution in [-0.2, 0) is 26.2 Å². The highest BCUT2D eigenvalue weighted by Gasteiger charge is 2.50. The molecule has 0 bridgehead atoms. The number of hydrogen-bond acceptors (Lipinski definition) is 4. The van der Waals surface area contributed by atoms with Crippen molar-refractivity contribution in [2.45, 2.75) is 25.9 Å². The van der Waals surface area contributed by atoms with Crippen molar-refractivity contribution < 1.29 is 26.8 Å². The van der Waals surface area contributed by atoms with Gasteiger partial charge < -0.3 is 5.32 Å². The summed E-state index contributed by atoms with van der Waals surface area (Å²) in [6.45, 7) is 2.29. The molecule has 1 saturated heterocycles. The van der Waals surface area contributed by atoms with Gasteiger partial charge in [-0.15, -0.1) is 0 Å². The fraction of sp³-hybridized carbons (Fsp3) is 0.333. The molecular weight excluding hydrogens is 428 g/mol. The minimum atomic E-state index is -3.74. The average molecular weight is 451 g/mol. The Bertz CT molecular complexity index is 1070. The smallest absolute Gasteiger partial charge is 0.247 e. The molecule has 1 fully saturated rings. The summed E-state index contributed by atoms with van der Waals surface area (Å²) in [6, 6.07) is 10.6. The maximum atomic E-state index is 13.4. The first-order valence-electron chi connectivity index (χ1n) is 9.66. The number of piperazine rings is 1. The second kappa shape index (κ2) is 8.72. The zero-order chi connectivity index (χ0) is 22.8. The van der Waals surface area contributed by atoms with Crippen LogP contribution in [0.1, 0.15) is 19.4 Å². The normalized spacial score (nSPS) is 20.0. The second-order valence-electron chi connectivity index (χ2n) is 7.46. The Labute approximate surface area is 179 Å². The molecule has 0 saturated carbocycles. The standard InChI is InChI=1S/C21H23F2N3O4S/c1-3-31(29,30)25-13-19(27)26(18-10-8-17(23)9-11-18)21(2,14-25)20(28)24-12-15-4-6-16(22)7-5-15/h4-11H,3,12-14H2,1-2H3,(H,24,28). The van der Waals surface area contributed by atoms with Gasteiger partial charge in [0.15, 0.2) is 0 Å². The van der Waals surface area contributed by atoms with Crippen LogP contribution < -0.4 is 10.2 Å². The lowest BCUT2D eigenvalue weighted by atomic mass is 9.94. The molecule has 7 nitrogen and oxygen atoms in total. The summed E-state index contributed by atoms with van der Waals surface area (Å²) < 4.78 is 52.4. The Morgan fingerprint density at radius 1 is 1.06 bits per heavy atom.